The van der Waals surface area contributed by atoms with Gasteiger partial charge in [-0.3, -0.25) is 10.1 Å². The van der Waals surface area contributed by atoms with Crippen LogP contribution in [0.2, 0.25) is 0 Å². The molecule has 5 unspecified atom stereocenters. The summed E-state index contributed by atoms with van der Waals surface area (Å²) in [5.41, 5.74) is -2.19. The molecule has 10 heteroatoms. The number of piperidine rings is 1. The molecule has 1 aliphatic heterocycles. The van der Waals surface area contributed by atoms with Gasteiger partial charge in [-0.15, -0.1) is 0 Å². The number of halogens is 6. The molecule has 4 nitrogen and oxygen atoms in total. The van der Waals surface area contributed by atoms with Gasteiger partial charge in [-0.25, -0.2) is 0 Å². The highest BCUT2D eigenvalue weighted by Gasteiger charge is 2.62. The molecule has 1 heterocycles. The van der Waals surface area contributed by atoms with Gasteiger partial charge in [0.05, 0.1) is 23.7 Å². The van der Waals surface area contributed by atoms with E-state index in [0.29, 0.717) is 18.6 Å². The minimum atomic E-state index is -4.97. The molecule has 2 bridgehead atoms. The summed E-state index contributed by atoms with van der Waals surface area (Å²) in [7, 11) is 0. The molecule has 212 valence electrons. The summed E-state index contributed by atoms with van der Waals surface area (Å²) in [5.74, 6) is -2.13. The van der Waals surface area contributed by atoms with Crippen molar-refractivity contribution >= 4 is 5.97 Å². The highest BCUT2D eigenvalue weighted by Crippen LogP contribution is 2.57. The summed E-state index contributed by atoms with van der Waals surface area (Å²) in [5, 5.41) is 13.4. The summed E-state index contributed by atoms with van der Waals surface area (Å²) >= 11 is 0. The SMILES string of the molecule is O=C(O)C1CC2(c3ccccc3)C(OCc3cc(C(F)(F)F)cc(C(F)(F)F)c3)NCC1C2Cc1ccccc1. The van der Waals surface area contributed by atoms with Crippen LogP contribution >= 0.6 is 0 Å². The Kier molecular flexibility index (Phi) is 7.43. The monoisotopic (exact) mass is 563 g/mol. The number of hydrogen-bond donors (Lipinski definition) is 2. The van der Waals surface area contributed by atoms with E-state index in [-0.39, 0.29) is 36.4 Å². The molecule has 2 N–H and O–H groups in total. The lowest BCUT2D eigenvalue weighted by Gasteiger charge is -2.48. The number of carboxylic acids is 1. The third kappa shape index (κ3) is 5.34. The zero-order chi connectivity index (χ0) is 28.7. The molecule has 2 aliphatic rings. The fraction of sp³-hybridized carbons (Fsp3) is 0.367. The largest absolute Gasteiger partial charge is 0.481 e. The minimum absolute atomic E-state index is 0.0860. The number of hydrogen-bond acceptors (Lipinski definition) is 3. The van der Waals surface area contributed by atoms with E-state index in [1.165, 1.54) is 0 Å². The molecule has 3 aromatic rings. The lowest BCUT2D eigenvalue weighted by atomic mass is 9.65. The van der Waals surface area contributed by atoms with E-state index in [4.69, 9.17) is 4.74 Å². The quantitative estimate of drug-likeness (QED) is 0.315. The average molecular weight is 564 g/mol. The molecular weight excluding hydrogens is 536 g/mol. The third-order valence-electron chi connectivity index (χ3n) is 8.25. The first kappa shape index (κ1) is 28.2. The number of ether oxygens (including phenoxy) is 1. The van der Waals surface area contributed by atoms with E-state index in [0.717, 1.165) is 11.1 Å². The first-order chi connectivity index (χ1) is 18.9. The van der Waals surface area contributed by atoms with Crippen molar-refractivity contribution < 1.29 is 41.0 Å². The van der Waals surface area contributed by atoms with E-state index in [9.17, 15) is 36.2 Å². The van der Waals surface area contributed by atoms with Crippen LogP contribution < -0.4 is 5.32 Å². The fourth-order valence-corrected chi connectivity index (χ4v) is 6.53. The van der Waals surface area contributed by atoms with Crippen LogP contribution in [-0.2, 0) is 40.3 Å². The van der Waals surface area contributed by atoms with Gasteiger partial charge in [0, 0.05) is 12.0 Å². The van der Waals surface area contributed by atoms with E-state index in [2.05, 4.69) is 5.32 Å². The third-order valence-corrected chi connectivity index (χ3v) is 8.25. The number of aliphatic carboxylic acids is 1. The molecule has 2 fully saturated rings. The lowest BCUT2D eigenvalue weighted by Crippen LogP contribution is -2.58. The zero-order valence-corrected chi connectivity index (χ0v) is 21.2. The van der Waals surface area contributed by atoms with Crippen molar-refractivity contribution in [3.8, 4) is 0 Å². The Morgan fingerprint density at radius 2 is 1.45 bits per heavy atom. The standard InChI is InChI=1S/C30H27F6NO3/c31-29(32,33)21-11-19(12-22(14-21)30(34,35)36)17-40-27-28(20-9-5-2-6-10-20)15-23(26(38)39)24(16-37-27)25(28)13-18-7-3-1-4-8-18/h1-12,14,23-25,27,37H,13,15-17H2,(H,38,39). The number of alkyl halides is 6. The van der Waals surface area contributed by atoms with E-state index in [1.807, 2.05) is 60.7 Å². The van der Waals surface area contributed by atoms with Gasteiger partial charge in [-0.05, 0) is 59.6 Å². The number of fused-ring (bicyclic) bond motifs is 2. The molecule has 0 spiro atoms. The van der Waals surface area contributed by atoms with E-state index in [1.54, 1.807) is 0 Å². The van der Waals surface area contributed by atoms with Crippen molar-refractivity contribution in [3.63, 3.8) is 0 Å². The van der Waals surface area contributed by atoms with Crippen molar-refractivity contribution in [1.82, 2.24) is 5.32 Å². The van der Waals surface area contributed by atoms with Crippen LogP contribution in [0.1, 0.15) is 34.2 Å². The number of carboxylic acid groups (broad SMARTS) is 1. The fourth-order valence-electron chi connectivity index (χ4n) is 6.53. The van der Waals surface area contributed by atoms with Gasteiger partial charge in [0.25, 0.3) is 0 Å². The summed E-state index contributed by atoms with van der Waals surface area (Å²) in [6.07, 6.45) is -10.1. The second kappa shape index (κ2) is 10.6. The topological polar surface area (TPSA) is 58.6 Å². The molecule has 3 aromatic carbocycles. The maximum absolute atomic E-state index is 13.4. The second-order valence-electron chi connectivity index (χ2n) is 10.5. The summed E-state index contributed by atoms with van der Waals surface area (Å²) < 4.78 is 86.8. The average Bonchev–Trinajstić information content (AvgIpc) is 3.12. The van der Waals surface area contributed by atoms with Gasteiger partial charge in [-0.1, -0.05) is 60.7 Å². The van der Waals surface area contributed by atoms with Crippen molar-refractivity contribution in [3.05, 3.63) is 107 Å². The normalized spacial score (nSPS) is 26.6. The lowest BCUT2D eigenvalue weighted by molar-refractivity contribution is -0.144. The predicted octanol–water partition coefficient (Wildman–Crippen LogP) is 6.69. The summed E-state index contributed by atoms with van der Waals surface area (Å²) in [6.45, 7) is -0.246. The van der Waals surface area contributed by atoms with Gasteiger partial charge in [-0.2, -0.15) is 26.3 Å². The maximum atomic E-state index is 13.4. The highest BCUT2D eigenvalue weighted by atomic mass is 19.4. The van der Waals surface area contributed by atoms with Gasteiger partial charge in [0.1, 0.15) is 6.23 Å². The van der Waals surface area contributed by atoms with E-state index < -0.39 is 53.6 Å². The Balaban J connectivity index is 1.54. The molecule has 1 aliphatic carbocycles. The van der Waals surface area contributed by atoms with Gasteiger partial charge in [0.15, 0.2) is 0 Å². The van der Waals surface area contributed by atoms with Crippen LogP contribution in [0.3, 0.4) is 0 Å². The molecule has 0 aromatic heterocycles. The smallest absolute Gasteiger partial charge is 0.416 e. The van der Waals surface area contributed by atoms with Crippen LogP contribution in [0, 0.1) is 17.8 Å². The second-order valence-corrected chi connectivity index (χ2v) is 10.5. The van der Waals surface area contributed by atoms with Crippen molar-refractivity contribution in [2.24, 2.45) is 17.8 Å². The molecule has 1 saturated heterocycles. The van der Waals surface area contributed by atoms with Crippen molar-refractivity contribution in [2.75, 3.05) is 6.54 Å². The first-order valence-corrected chi connectivity index (χ1v) is 12.8. The number of rotatable bonds is 7. The molecule has 40 heavy (non-hydrogen) atoms. The zero-order valence-electron chi connectivity index (χ0n) is 21.2. The number of nitrogens with one attached hydrogen (secondary N) is 1. The van der Waals surface area contributed by atoms with Crippen molar-refractivity contribution in [2.45, 2.75) is 43.4 Å². The Hall–Kier alpha value is -3.37. The summed E-state index contributed by atoms with van der Waals surface area (Å²) in [6, 6.07) is 20.2. The van der Waals surface area contributed by atoms with Crippen LogP contribution in [-0.4, -0.2) is 23.8 Å². The highest BCUT2D eigenvalue weighted by molar-refractivity contribution is 5.72. The molecule has 5 rings (SSSR count). The van der Waals surface area contributed by atoms with Crippen LogP contribution in [0.15, 0.2) is 78.9 Å². The van der Waals surface area contributed by atoms with Gasteiger partial charge in [0.2, 0.25) is 0 Å². The predicted molar refractivity (Wildman–Crippen MR) is 134 cm³/mol. The van der Waals surface area contributed by atoms with Crippen LogP contribution in [0.4, 0.5) is 26.3 Å². The molecule has 1 saturated carbocycles. The van der Waals surface area contributed by atoms with Crippen LogP contribution in [0.25, 0.3) is 0 Å². The number of benzene rings is 3. The minimum Gasteiger partial charge on any atom is -0.481 e. The Morgan fingerprint density at radius 3 is 2.00 bits per heavy atom. The Morgan fingerprint density at radius 1 is 0.875 bits per heavy atom. The van der Waals surface area contributed by atoms with Crippen molar-refractivity contribution in [1.29, 1.82) is 0 Å². The van der Waals surface area contributed by atoms with Gasteiger partial charge < -0.3 is 9.84 Å². The molecule has 5 atom stereocenters. The molecular formula is C30H27F6NO3. The number of carbonyl (C=O) groups is 1. The maximum Gasteiger partial charge on any atom is 0.416 e. The molecule has 0 amide bonds. The first-order valence-electron chi connectivity index (χ1n) is 12.8. The van der Waals surface area contributed by atoms with Crippen LogP contribution in [0.5, 0.6) is 0 Å². The summed E-state index contributed by atoms with van der Waals surface area (Å²) in [4.78, 5) is 12.4. The Bertz CT molecular complexity index is 1310. The van der Waals surface area contributed by atoms with Gasteiger partial charge >= 0.3 is 18.3 Å². The molecule has 0 radical (unpaired) electrons. The Labute approximate surface area is 227 Å². The van der Waals surface area contributed by atoms with E-state index >= 15 is 0 Å².